The molecule has 0 spiro atoms. The van der Waals surface area contributed by atoms with Gasteiger partial charge in [0, 0.05) is 18.3 Å². The largest absolute Gasteiger partial charge is 0.326 e. The van der Waals surface area contributed by atoms with Crippen molar-refractivity contribution < 1.29 is 0 Å². The van der Waals surface area contributed by atoms with Crippen LogP contribution in [0.1, 0.15) is 5.56 Å². The number of hydrogen-bond donors (Lipinski definition) is 1. The minimum absolute atomic E-state index is 0.564. The highest BCUT2D eigenvalue weighted by atomic mass is 15.3. The maximum atomic E-state index is 5.60. The van der Waals surface area contributed by atoms with Gasteiger partial charge in [0.15, 0.2) is 0 Å². The van der Waals surface area contributed by atoms with Gasteiger partial charge in [-0.2, -0.15) is 5.10 Å². The van der Waals surface area contributed by atoms with Crippen LogP contribution in [0.4, 0.5) is 0 Å². The molecule has 1 aromatic heterocycles. The summed E-state index contributed by atoms with van der Waals surface area (Å²) < 4.78 is 1.88. The summed E-state index contributed by atoms with van der Waals surface area (Å²) in [5.41, 5.74) is 9.86. The molecule has 2 aromatic carbocycles. The van der Waals surface area contributed by atoms with Crippen LogP contribution in [-0.2, 0) is 6.54 Å². The number of nitrogens with two attached hydrogens (primary N) is 1. The van der Waals surface area contributed by atoms with Crippen LogP contribution in [0, 0.1) is 0 Å². The summed E-state index contributed by atoms with van der Waals surface area (Å²) in [6.45, 7) is 0.564. The van der Waals surface area contributed by atoms with Crippen LogP contribution in [0.5, 0.6) is 0 Å². The quantitative estimate of drug-likeness (QED) is 0.775. The van der Waals surface area contributed by atoms with E-state index in [0.717, 1.165) is 22.5 Å². The second-order valence-electron chi connectivity index (χ2n) is 4.38. The summed E-state index contributed by atoms with van der Waals surface area (Å²) in [6.07, 6.45) is 1.97. The highest BCUT2D eigenvalue weighted by Crippen LogP contribution is 2.18. The van der Waals surface area contributed by atoms with Crippen LogP contribution in [0.15, 0.2) is 66.9 Å². The van der Waals surface area contributed by atoms with E-state index in [0.29, 0.717) is 6.54 Å². The lowest BCUT2D eigenvalue weighted by Crippen LogP contribution is -1.98. The average Bonchev–Trinajstić information content (AvgIpc) is 2.98. The fourth-order valence-corrected chi connectivity index (χ4v) is 2.02. The standard InChI is InChI=1S/C16H15N3/c17-12-13-6-8-15(9-7-13)19-11-10-16(18-19)14-4-2-1-3-5-14/h1-11H,12,17H2. The summed E-state index contributed by atoms with van der Waals surface area (Å²) in [5.74, 6) is 0. The summed E-state index contributed by atoms with van der Waals surface area (Å²) in [4.78, 5) is 0. The second-order valence-corrected chi connectivity index (χ2v) is 4.38. The fourth-order valence-electron chi connectivity index (χ4n) is 2.02. The van der Waals surface area contributed by atoms with Crippen LogP contribution in [0.25, 0.3) is 16.9 Å². The van der Waals surface area contributed by atoms with E-state index in [-0.39, 0.29) is 0 Å². The Hall–Kier alpha value is -2.39. The smallest absolute Gasteiger partial charge is 0.0927 e. The summed E-state index contributed by atoms with van der Waals surface area (Å²) in [7, 11) is 0. The second kappa shape index (κ2) is 5.08. The third-order valence-electron chi connectivity index (χ3n) is 3.10. The molecule has 0 bridgehead atoms. The minimum Gasteiger partial charge on any atom is -0.326 e. The zero-order valence-corrected chi connectivity index (χ0v) is 10.5. The van der Waals surface area contributed by atoms with E-state index in [9.17, 15) is 0 Å². The molecule has 0 aliphatic rings. The van der Waals surface area contributed by atoms with Crippen LogP contribution in [-0.4, -0.2) is 9.78 Å². The van der Waals surface area contributed by atoms with Crippen LogP contribution in [0.3, 0.4) is 0 Å². The van der Waals surface area contributed by atoms with Crippen molar-refractivity contribution in [1.29, 1.82) is 0 Å². The molecule has 19 heavy (non-hydrogen) atoms. The van der Waals surface area contributed by atoms with Crippen LogP contribution >= 0.6 is 0 Å². The number of hydrogen-bond acceptors (Lipinski definition) is 2. The molecule has 3 rings (SSSR count). The Bertz CT molecular complexity index is 654. The van der Waals surface area contributed by atoms with Gasteiger partial charge < -0.3 is 5.73 Å². The lowest BCUT2D eigenvalue weighted by molar-refractivity contribution is 0.882. The van der Waals surface area contributed by atoms with Crippen molar-refractivity contribution in [2.24, 2.45) is 5.73 Å². The Morgan fingerprint density at radius 1 is 0.895 bits per heavy atom. The van der Waals surface area contributed by atoms with Crippen molar-refractivity contribution in [3.63, 3.8) is 0 Å². The first-order valence-corrected chi connectivity index (χ1v) is 6.27. The molecule has 94 valence electrons. The lowest BCUT2D eigenvalue weighted by atomic mass is 10.2. The van der Waals surface area contributed by atoms with E-state index >= 15 is 0 Å². The van der Waals surface area contributed by atoms with Gasteiger partial charge in [-0.25, -0.2) is 4.68 Å². The predicted molar refractivity (Wildman–Crippen MR) is 76.9 cm³/mol. The molecule has 1 heterocycles. The van der Waals surface area contributed by atoms with Gasteiger partial charge in [-0.15, -0.1) is 0 Å². The van der Waals surface area contributed by atoms with Gasteiger partial charge >= 0.3 is 0 Å². The van der Waals surface area contributed by atoms with Gasteiger partial charge in [0.1, 0.15) is 0 Å². The van der Waals surface area contributed by atoms with Gasteiger partial charge in [-0.3, -0.25) is 0 Å². The SMILES string of the molecule is NCc1ccc(-n2ccc(-c3ccccc3)n2)cc1. The van der Waals surface area contributed by atoms with Gasteiger partial charge in [0.25, 0.3) is 0 Å². The van der Waals surface area contributed by atoms with E-state index < -0.39 is 0 Å². The molecule has 0 saturated carbocycles. The number of aromatic nitrogens is 2. The van der Waals surface area contributed by atoms with Gasteiger partial charge in [-0.1, -0.05) is 42.5 Å². The fraction of sp³-hybridized carbons (Fsp3) is 0.0625. The molecule has 0 aliphatic carbocycles. The topological polar surface area (TPSA) is 43.8 Å². The molecule has 3 aromatic rings. The molecule has 0 saturated heterocycles. The zero-order chi connectivity index (χ0) is 13.1. The van der Waals surface area contributed by atoms with E-state index in [2.05, 4.69) is 17.2 Å². The molecular weight excluding hydrogens is 234 g/mol. The maximum absolute atomic E-state index is 5.60. The monoisotopic (exact) mass is 249 g/mol. The van der Waals surface area contributed by atoms with Crippen molar-refractivity contribution in [3.05, 3.63) is 72.4 Å². The van der Waals surface area contributed by atoms with E-state index in [1.54, 1.807) is 0 Å². The molecule has 0 radical (unpaired) electrons. The molecule has 0 unspecified atom stereocenters. The molecule has 3 heteroatoms. The molecule has 2 N–H and O–H groups in total. The summed E-state index contributed by atoms with van der Waals surface area (Å²) in [6, 6.07) is 20.3. The molecular formula is C16H15N3. The van der Waals surface area contributed by atoms with Crippen molar-refractivity contribution >= 4 is 0 Å². The number of nitrogens with zero attached hydrogens (tertiary/aromatic N) is 2. The summed E-state index contributed by atoms with van der Waals surface area (Å²) >= 11 is 0. The van der Waals surface area contributed by atoms with Crippen LogP contribution in [0.2, 0.25) is 0 Å². The first-order chi connectivity index (χ1) is 9.36. The van der Waals surface area contributed by atoms with Crippen molar-refractivity contribution in [2.45, 2.75) is 6.54 Å². The first kappa shape index (κ1) is 11.7. The highest BCUT2D eigenvalue weighted by Gasteiger charge is 2.03. The van der Waals surface area contributed by atoms with Crippen LogP contribution < -0.4 is 5.73 Å². The van der Waals surface area contributed by atoms with Gasteiger partial charge in [0.05, 0.1) is 11.4 Å². The molecule has 0 atom stereocenters. The van der Waals surface area contributed by atoms with Crippen molar-refractivity contribution in [2.75, 3.05) is 0 Å². The third kappa shape index (κ3) is 2.41. The average molecular weight is 249 g/mol. The normalized spacial score (nSPS) is 10.6. The maximum Gasteiger partial charge on any atom is 0.0927 e. The Morgan fingerprint density at radius 3 is 2.32 bits per heavy atom. The van der Waals surface area contributed by atoms with Crippen molar-refractivity contribution in [1.82, 2.24) is 9.78 Å². The molecule has 0 aliphatic heterocycles. The van der Waals surface area contributed by atoms with E-state index in [4.69, 9.17) is 5.73 Å². The number of benzene rings is 2. The Labute approximate surface area is 112 Å². The number of rotatable bonds is 3. The van der Waals surface area contributed by atoms with Gasteiger partial charge in [0.2, 0.25) is 0 Å². The molecule has 0 amide bonds. The highest BCUT2D eigenvalue weighted by molar-refractivity contribution is 5.58. The van der Waals surface area contributed by atoms with E-state index in [1.807, 2.05) is 59.4 Å². The summed E-state index contributed by atoms with van der Waals surface area (Å²) in [5, 5.41) is 4.59. The van der Waals surface area contributed by atoms with Crippen molar-refractivity contribution in [3.8, 4) is 16.9 Å². The third-order valence-corrected chi connectivity index (χ3v) is 3.10. The molecule has 3 nitrogen and oxygen atoms in total. The Kier molecular flexibility index (Phi) is 3.12. The van der Waals surface area contributed by atoms with E-state index in [1.165, 1.54) is 0 Å². The lowest BCUT2D eigenvalue weighted by Gasteiger charge is -2.02. The molecule has 0 fully saturated rings. The van der Waals surface area contributed by atoms with Gasteiger partial charge in [-0.05, 0) is 23.8 Å². The first-order valence-electron chi connectivity index (χ1n) is 6.27. The zero-order valence-electron chi connectivity index (χ0n) is 10.5. The minimum atomic E-state index is 0.564. The Morgan fingerprint density at radius 2 is 1.63 bits per heavy atom. The Balaban J connectivity index is 1.92. The predicted octanol–water partition coefficient (Wildman–Crippen LogP) is 3.00.